The molecule has 0 aliphatic heterocycles. The second-order valence-corrected chi connectivity index (χ2v) is 5.55. The van der Waals surface area contributed by atoms with Gasteiger partial charge in [-0.15, -0.1) is 11.3 Å². The largest absolute Gasteiger partial charge is 0.357 e. The first-order valence-electron chi connectivity index (χ1n) is 6.62. The second kappa shape index (κ2) is 5.88. The van der Waals surface area contributed by atoms with Gasteiger partial charge in [0.25, 0.3) is 0 Å². The minimum atomic E-state index is 0.807. The van der Waals surface area contributed by atoms with Crippen molar-refractivity contribution in [3.63, 3.8) is 0 Å². The predicted octanol–water partition coefficient (Wildman–Crippen LogP) is 4.73. The number of nitrogens with zero attached hydrogens (tertiary/aromatic N) is 1. The van der Waals surface area contributed by atoms with Crippen molar-refractivity contribution in [3.8, 4) is 11.3 Å². The van der Waals surface area contributed by atoms with Gasteiger partial charge < -0.3 is 5.32 Å². The summed E-state index contributed by atoms with van der Waals surface area (Å²) in [6.45, 7) is 2.92. The van der Waals surface area contributed by atoms with Crippen LogP contribution in [0.1, 0.15) is 11.1 Å². The Balaban J connectivity index is 1.73. The average molecular weight is 280 g/mol. The molecule has 3 aromatic rings. The molecule has 0 atom stereocenters. The molecule has 2 aromatic carbocycles. The molecule has 0 radical (unpaired) electrons. The van der Waals surface area contributed by atoms with Crippen LogP contribution in [0.3, 0.4) is 0 Å². The Kier molecular flexibility index (Phi) is 3.79. The van der Waals surface area contributed by atoms with Crippen LogP contribution in [0.5, 0.6) is 0 Å². The number of aromatic nitrogens is 1. The van der Waals surface area contributed by atoms with Crippen molar-refractivity contribution in [2.24, 2.45) is 0 Å². The lowest BCUT2D eigenvalue weighted by Crippen LogP contribution is -1.98. The van der Waals surface area contributed by atoms with E-state index in [0.717, 1.165) is 17.4 Å². The van der Waals surface area contributed by atoms with Gasteiger partial charge in [-0.05, 0) is 18.1 Å². The van der Waals surface area contributed by atoms with Crippen LogP contribution in [0, 0.1) is 6.92 Å². The van der Waals surface area contributed by atoms with Crippen molar-refractivity contribution in [2.75, 3.05) is 5.32 Å². The maximum absolute atomic E-state index is 4.66. The summed E-state index contributed by atoms with van der Waals surface area (Å²) in [5, 5.41) is 6.45. The number of anilines is 1. The highest BCUT2D eigenvalue weighted by Crippen LogP contribution is 2.27. The standard InChI is InChI=1S/C17H16N2S/c1-13-7-5-6-10-15(13)16-12-20-17(19-16)18-11-14-8-3-2-4-9-14/h2-10,12H,11H2,1H3,(H,18,19). The topological polar surface area (TPSA) is 24.9 Å². The van der Waals surface area contributed by atoms with Crippen molar-refractivity contribution >= 4 is 16.5 Å². The summed E-state index contributed by atoms with van der Waals surface area (Å²) in [7, 11) is 0. The van der Waals surface area contributed by atoms with E-state index in [-0.39, 0.29) is 0 Å². The third kappa shape index (κ3) is 2.89. The van der Waals surface area contributed by atoms with Crippen LogP contribution in [0.15, 0.2) is 60.0 Å². The number of thiazole rings is 1. The van der Waals surface area contributed by atoms with E-state index >= 15 is 0 Å². The lowest BCUT2D eigenvalue weighted by atomic mass is 10.1. The summed E-state index contributed by atoms with van der Waals surface area (Å²) in [4.78, 5) is 4.66. The normalized spacial score (nSPS) is 10.4. The fourth-order valence-electron chi connectivity index (χ4n) is 2.11. The van der Waals surface area contributed by atoms with Crippen LogP contribution in [0.4, 0.5) is 5.13 Å². The van der Waals surface area contributed by atoms with Gasteiger partial charge in [-0.2, -0.15) is 0 Å². The molecule has 0 aliphatic carbocycles. The Morgan fingerprint density at radius 3 is 2.55 bits per heavy atom. The number of hydrogen-bond donors (Lipinski definition) is 1. The van der Waals surface area contributed by atoms with Crippen LogP contribution in [0.25, 0.3) is 11.3 Å². The zero-order chi connectivity index (χ0) is 13.8. The fourth-order valence-corrected chi connectivity index (χ4v) is 2.82. The van der Waals surface area contributed by atoms with E-state index in [0.29, 0.717) is 0 Å². The van der Waals surface area contributed by atoms with Gasteiger partial charge in [0.05, 0.1) is 5.69 Å². The van der Waals surface area contributed by atoms with Crippen molar-refractivity contribution in [1.82, 2.24) is 4.98 Å². The lowest BCUT2D eigenvalue weighted by Gasteiger charge is -2.03. The van der Waals surface area contributed by atoms with Gasteiger partial charge in [0.15, 0.2) is 5.13 Å². The molecule has 0 aliphatic rings. The van der Waals surface area contributed by atoms with Gasteiger partial charge in [-0.25, -0.2) is 4.98 Å². The smallest absolute Gasteiger partial charge is 0.183 e. The molecule has 100 valence electrons. The molecule has 1 N–H and O–H groups in total. The third-order valence-corrected chi connectivity index (χ3v) is 4.01. The van der Waals surface area contributed by atoms with E-state index in [1.807, 2.05) is 6.07 Å². The summed E-state index contributed by atoms with van der Waals surface area (Å²) in [5.74, 6) is 0. The van der Waals surface area contributed by atoms with Gasteiger partial charge in [0, 0.05) is 17.5 Å². The molecule has 1 heterocycles. The molecule has 0 fully saturated rings. The molecule has 3 rings (SSSR count). The Bertz CT molecular complexity index is 689. The summed E-state index contributed by atoms with van der Waals surface area (Å²) >= 11 is 1.65. The van der Waals surface area contributed by atoms with Crippen LogP contribution in [-0.4, -0.2) is 4.98 Å². The number of hydrogen-bond acceptors (Lipinski definition) is 3. The highest BCUT2D eigenvalue weighted by Gasteiger charge is 2.06. The van der Waals surface area contributed by atoms with Gasteiger partial charge in [-0.1, -0.05) is 54.6 Å². The van der Waals surface area contributed by atoms with Crippen LogP contribution >= 0.6 is 11.3 Å². The summed E-state index contributed by atoms with van der Waals surface area (Å²) in [5.41, 5.74) is 4.77. The average Bonchev–Trinajstić information content (AvgIpc) is 2.95. The third-order valence-electron chi connectivity index (χ3n) is 3.21. The first kappa shape index (κ1) is 12.9. The highest BCUT2D eigenvalue weighted by molar-refractivity contribution is 7.14. The van der Waals surface area contributed by atoms with E-state index < -0.39 is 0 Å². The Morgan fingerprint density at radius 1 is 1.00 bits per heavy atom. The number of rotatable bonds is 4. The number of nitrogens with one attached hydrogen (secondary N) is 1. The quantitative estimate of drug-likeness (QED) is 0.747. The first-order chi connectivity index (χ1) is 9.83. The number of benzene rings is 2. The second-order valence-electron chi connectivity index (χ2n) is 4.69. The predicted molar refractivity (Wildman–Crippen MR) is 86.1 cm³/mol. The monoisotopic (exact) mass is 280 g/mol. The molecule has 3 heteroatoms. The van der Waals surface area contributed by atoms with Gasteiger partial charge in [-0.3, -0.25) is 0 Å². The molecular weight excluding hydrogens is 264 g/mol. The van der Waals surface area contributed by atoms with E-state index in [9.17, 15) is 0 Å². The maximum atomic E-state index is 4.66. The highest BCUT2D eigenvalue weighted by atomic mass is 32.1. The van der Waals surface area contributed by atoms with E-state index in [2.05, 4.69) is 71.1 Å². The van der Waals surface area contributed by atoms with Crippen LogP contribution in [-0.2, 0) is 6.54 Å². The zero-order valence-electron chi connectivity index (χ0n) is 11.3. The van der Waals surface area contributed by atoms with Crippen LogP contribution < -0.4 is 5.32 Å². The summed E-state index contributed by atoms with van der Waals surface area (Å²) < 4.78 is 0. The summed E-state index contributed by atoms with van der Waals surface area (Å²) in [6, 6.07) is 18.7. The van der Waals surface area contributed by atoms with E-state index in [1.54, 1.807) is 11.3 Å². The first-order valence-corrected chi connectivity index (χ1v) is 7.50. The Labute approximate surface area is 123 Å². The molecule has 0 bridgehead atoms. The van der Waals surface area contributed by atoms with Gasteiger partial charge >= 0.3 is 0 Å². The molecule has 0 spiro atoms. The fraction of sp³-hybridized carbons (Fsp3) is 0.118. The summed E-state index contributed by atoms with van der Waals surface area (Å²) in [6.07, 6.45) is 0. The Morgan fingerprint density at radius 2 is 1.75 bits per heavy atom. The molecule has 0 amide bonds. The molecule has 20 heavy (non-hydrogen) atoms. The minimum Gasteiger partial charge on any atom is -0.357 e. The van der Waals surface area contributed by atoms with Crippen LogP contribution in [0.2, 0.25) is 0 Å². The SMILES string of the molecule is Cc1ccccc1-c1csc(NCc2ccccc2)n1. The number of aryl methyl sites for hydroxylation is 1. The van der Waals surface area contributed by atoms with Crippen molar-refractivity contribution < 1.29 is 0 Å². The Hall–Kier alpha value is -2.13. The molecule has 2 nitrogen and oxygen atoms in total. The lowest BCUT2D eigenvalue weighted by molar-refractivity contribution is 1.13. The molecular formula is C17H16N2S. The van der Waals surface area contributed by atoms with Crippen molar-refractivity contribution in [3.05, 3.63) is 71.1 Å². The van der Waals surface area contributed by atoms with Crippen molar-refractivity contribution in [2.45, 2.75) is 13.5 Å². The van der Waals surface area contributed by atoms with E-state index in [1.165, 1.54) is 16.7 Å². The molecule has 0 unspecified atom stereocenters. The zero-order valence-corrected chi connectivity index (χ0v) is 12.2. The van der Waals surface area contributed by atoms with Gasteiger partial charge in [0.2, 0.25) is 0 Å². The van der Waals surface area contributed by atoms with E-state index in [4.69, 9.17) is 0 Å². The molecule has 0 saturated carbocycles. The van der Waals surface area contributed by atoms with Crippen molar-refractivity contribution in [1.29, 1.82) is 0 Å². The maximum Gasteiger partial charge on any atom is 0.183 e. The molecule has 0 saturated heterocycles. The van der Waals surface area contributed by atoms with Gasteiger partial charge in [0.1, 0.15) is 0 Å². The minimum absolute atomic E-state index is 0.807. The molecule has 1 aromatic heterocycles.